The summed E-state index contributed by atoms with van der Waals surface area (Å²) in [6.07, 6.45) is -6.98. The lowest BCUT2D eigenvalue weighted by Crippen LogP contribution is -2.55. The highest BCUT2D eigenvalue weighted by atomic mass is 19.4. The van der Waals surface area contributed by atoms with E-state index in [9.17, 15) is 27.9 Å². The number of alkyl halides is 3. The Bertz CT molecular complexity index is 891. The topological polar surface area (TPSA) is 85.4 Å². The summed E-state index contributed by atoms with van der Waals surface area (Å²) in [6.45, 7) is 2.86. The number of carbonyl (C=O) groups is 2. The maximum Gasteiger partial charge on any atom is 0.416 e. The summed E-state index contributed by atoms with van der Waals surface area (Å²) in [7, 11) is 0. The van der Waals surface area contributed by atoms with Gasteiger partial charge >= 0.3 is 6.18 Å². The first-order valence-corrected chi connectivity index (χ1v) is 9.02. The Morgan fingerprint density at radius 2 is 2.00 bits per heavy atom. The van der Waals surface area contributed by atoms with E-state index in [2.05, 4.69) is 10.3 Å². The van der Waals surface area contributed by atoms with E-state index in [1.165, 1.54) is 18.7 Å². The Labute approximate surface area is 159 Å². The highest BCUT2D eigenvalue weighted by molar-refractivity contribution is 6.03. The Balaban J connectivity index is 1.71. The second-order valence-corrected chi connectivity index (χ2v) is 7.32. The van der Waals surface area contributed by atoms with E-state index in [-0.39, 0.29) is 19.0 Å². The summed E-state index contributed by atoms with van der Waals surface area (Å²) >= 11 is 0. The number of aliphatic hydroxyl groups excluding tert-OH is 1. The van der Waals surface area contributed by atoms with Crippen molar-refractivity contribution in [3.63, 3.8) is 0 Å². The first-order chi connectivity index (χ1) is 13.1. The average molecular weight is 397 g/mol. The maximum absolute atomic E-state index is 12.8. The number of benzene rings is 1. The van der Waals surface area contributed by atoms with Gasteiger partial charge in [-0.3, -0.25) is 9.59 Å². The van der Waals surface area contributed by atoms with Crippen molar-refractivity contribution in [2.75, 3.05) is 13.1 Å². The van der Waals surface area contributed by atoms with Crippen LogP contribution in [0.25, 0.3) is 10.9 Å². The zero-order valence-electron chi connectivity index (χ0n) is 15.5. The molecule has 9 heteroatoms. The van der Waals surface area contributed by atoms with Crippen LogP contribution >= 0.6 is 0 Å². The Morgan fingerprint density at radius 1 is 1.32 bits per heavy atom. The molecule has 0 bridgehead atoms. The minimum atomic E-state index is -4.84. The van der Waals surface area contributed by atoms with Gasteiger partial charge in [0, 0.05) is 17.4 Å². The van der Waals surface area contributed by atoms with Crippen LogP contribution in [0, 0.1) is 5.92 Å². The fourth-order valence-electron chi connectivity index (χ4n) is 3.52. The van der Waals surface area contributed by atoms with Crippen molar-refractivity contribution in [1.29, 1.82) is 0 Å². The number of hydrogen-bond donors (Lipinski definition) is 3. The van der Waals surface area contributed by atoms with E-state index in [4.69, 9.17) is 0 Å². The number of nitrogens with zero attached hydrogens (tertiary/aromatic N) is 1. The number of aromatic amines is 1. The summed E-state index contributed by atoms with van der Waals surface area (Å²) < 4.78 is 38.5. The Hall–Kier alpha value is -2.55. The van der Waals surface area contributed by atoms with E-state index in [0.29, 0.717) is 12.1 Å². The number of amides is 2. The van der Waals surface area contributed by atoms with E-state index >= 15 is 0 Å². The van der Waals surface area contributed by atoms with Crippen LogP contribution < -0.4 is 5.32 Å². The summed E-state index contributed by atoms with van der Waals surface area (Å²) in [5.41, 5.74) is 2.10. The monoisotopic (exact) mass is 397 g/mol. The molecule has 0 fully saturated rings. The number of para-hydroxylation sites is 1. The molecule has 3 N–H and O–H groups in total. The third-order valence-corrected chi connectivity index (χ3v) is 5.00. The minimum Gasteiger partial charge on any atom is -0.382 e. The van der Waals surface area contributed by atoms with Crippen LogP contribution in [0.3, 0.4) is 0 Å². The number of aliphatic hydroxyl groups is 1. The maximum atomic E-state index is 12.8. The molecule has 0 saturated carbocycles. The lowest BCUT2D eigenvalue weighted by Gasteiger charge is -2.31. The molecule has 1 aliphatic rings. The second-order valence-electron chi connectivity index (χ2n) is 7.32. The minimum absolute atomic E-state index is 0.287. The van der Waals surface area contributed by atoms with Gasteiger partial charge in [-0.1, -0.05) is 32.0 Å². The number of hydrogen-bond acceptors (Lipinski definition) is 3. The molecule has 0 aliphatic carbocycles. The van der Waals surface area contributed by atoms with Crippen LogP contribution in [0.5, 0.6) is 0 Å². The van der Waals surface area contributed by atoms with Gasteiger partial charge in [-0.05, 0) is 24.0 Å². The van der Waals surface area contributed by atoms with Crippen LogP contribution in [0.2, 0.25) is 0 Å². The summed E-state index contributed by atoms with van der Waals surface area (Å²) in [5, 5.41) is 12.7. The van der Waals surface area contributed by atoms with E-state index in [1.807, 2.05) is 24.3 Å². The zero-order valence-corrected chi connectivity index (χ0v) is 15.5. The lowest BCUT2D eigenvalue weighted by atomic mass is 9.98. The molecular formula is C19H22F3N3O3. The number of halogens is 3. The third-order valence-electron chi connectivity index (χ3n) is 5.00. The van der Waals surface area contributed by atoms with Crippen molar-refractivity contribution in [3.8, 4) is 0 Å². The average Bonchev–Trinajstić information content (AvgIpc) is 3.00. The van der Waals surface area contributed by atoms with Gasteiger partial charge in [0.1, 0.15) is 5.69 Å². The normalized spacial score (nSPS) is 17.0. The molecule has 152 valence electrons. The van der Waals surface area contributed by atoms with Crippen LogP contribution in [0.15, 0.2) is 24.3 Å². The van der Waals surface area contributed by atoms with Gasteiger partial charge in [-0.15, -0.1) is 0 Å². The molecule has 0 spiro atoms. The molecule has 2 heterocycles. The van der Waals surface area contributed by atoms with Gasteiger partial charge in [0.15, 0.2) is 6.10 Å². The van der Waals surface area contributed by atoms with E-state index in [1.54, 1.807) is 0 Å². The van der Waals surface area contributed by atoms with Crippen LogP contribution in [0.4, 0.5) is 13.2 Å². The number of H-pyrrole nitrogens is 1. The summed E-state index contributed by atoms with van der Waals surface area (Å²) in [6, 6.07) is 5.99. The van der Waals surface area contributed by atoms with Crippen molar-refractivity contribution in [1.82, 2.24) is 15.2 Å². The molecule has 6 nitrogen and oxygen atoms in total. The van der Waals surface area contributed by atoms with Gasteiger partial charge in [0.2, 0.25) is 5.91 Å². The molecule has 1 aromatic heterocycles. The molecule has 2 aromatic rings. The van der Waals surface area contributed by atoms with Gasteiger partial charge in [-0.2, -0.15) is 13.2 Å². The first-order valence-electron chi connectivity index (χ1n) is 9.02. The largest absolute Gasteiger partial charge is 0.416 e. The van der Waals surface area contributed by atoms with Crippen molar-refractivity contribution in [2.24, 2.45) is 5.92 Å². The fraction of sp³-hybridized carbons (Fsp3) is 0.474. The molecule has 2 unspecified atom stereocenters. The van der Waals surface area contributed by atoms with Gasteiger partial charge in [0.25, 0.3) is 5.91 Å². The molecule has 2 amide bonds. The van der Waals surface area contributed by atoms with Crippen molar-refractivity contribution in [3.05, 3.63) is 35.5 Å². The van der Waals surface area contributed by atoms with Crippen LogP contribution in [0.1, 0.15) is 29.9 Å². The third kappa shape index (κ3) is 3.84. The van der Waals surface area contributed by atoms with Gasteiger partial charge in [0.05, 0.1) is 12.6 Å². The second kappa shape index (κ2) is 7.46. The first kappa shape index (κ1) is 20.2. The number of aromatic nitrogens is 1. The molecule has 2 atom stereocenters. The Morgan fingerprint density at radius 3 is 2.64 bits per heavy atom. The molecule has 1 aromatic carbocycles. The van der Waals surface area contributed by atoms with Crippen molar-refractivity contribution < 1.29 is 27.9 Å². The standard InChI is InChI=1S/C19H22F3N3O3/c1-10(2)15(17(27)19(20,21)22)24-14(26)9-25-8-7-12-11-5-3-4-6-13(11)23-16(12)18(25)28/h3-6,10,15,17,23,27H,7-9H2,1-2H3,(H,24,26). The molecular weight excluding hydrogens is 375 g/mol. The quantitative estimate of drug-likeness (QED) is 0.723. The van der Waals surface area contributed by atoms with Crippen molar-refractivity contribution in [2.45, 2.75) is 38.6 Å². The van der Waals surface area contributed by atoms with E-state index in [0.717, 1.165) is 16.5 Å². The smallest absolute Gasteiger partial charge is 0.382 e. The molecule has 1 aliphatic heterocycles. The zero-order chi connectivity index (χ0) is 20.6. The number of nitrogens with one attached hydrogen (secondary N) is 2. The molecule has 3 rings (SSSR count). The Kier molecular flexibility index (Phi) is 5.38. The number of rotatable bonds is 5. The summed E-state index contributed by atoms with van der Waals surface area (Å²) in [4.78, 5) is 29.4. The highest BCUT2D eigenvalue weighted by Crippen LogP contribution is 2.28. The number of carbonyl (C=O) groups excluding carboxylic acids is 2. The summed E-state index contributed by atoms with van der Waals surface area (Å²) in [5.74, 6) is -1.75. The lowest BCUT2D eigenvalue weighted by molar-refractivity contribution is -0.215. The highest BCUT2D eigenvalue weighted by Gasteiger charge is 2.45. The molecule has 0 radical (unpaired) electrons. The van der Waals surface area contributed by atoms with Gasteiger partial charge in [-0.25, -0.2) is 0 Å². The SMILES string of the molecule is CC(C)C(NC(=O)CN1CCc2c([nH]c3ccccc23)C1=O)C(O)C(F)(F)F. The number of fused-ring (bicyclic) bond motifs is 3. The van der Waals surface area contributed by atoms with Crippen molar-refractivity contribution >= 4 is 22.7 Å². The van der Waals surface area contributed by atoms with Crippen LogP contribution in [-0.2, 0) is 11.2 Å². The van der Waals surface area contributed by atoms with Gasteiger partial charge < -0.3 is 20.3 Å². The predicted octanol–water partition coefficient (Wildman–Crippen LogP) is 2.23. The van der Waals surface area contributed by atoms with Crippen LogP contribution in [-0.4, -0.2) is 58.2 Å². The fourth-order valence-corrected chi connectivity index (χ4v) is 3.52. The van der Waals surface area contributed by atoms with E-state index < -0.39 is 30.1 Å². The predicted molar refractivity (Wildman–Crippen MR) is 96.7 cm³/mol. The molecule has 0 saturated heterocycles. The molecule has 28 heavy (non-hydrogen) atoms.